The lowest BCUT2D eigenvalue weighted by molar-refractivity contribution is 1.37. The van der Waals surface area contributed by atoms with Crippen molar-refractivity contribution in [1.29, 1.82) is 0 Å². The number of fused-ring (bicyclic) bond motifs is 12. The molecule has 0 N–H and O–H groups in total. The van der Waals surface area contributed by atoms with Gasteiger partial charge in [-0.15, -0.1) is 0 Å². The van der Waals surface area contributed by atoms with Gasteiger partial charge in [-0.1, -0.05) is 91.0 Å². The van der Waals surface area contributed by atoms with Gasteiger partial charge in [0.2, 0.25) is 0 Å². The molecular formula is C34H20N2. The maximum Gasteiger partial charge on any atom is 0.0786 e. The van der Waals surface area contributed by atoms with Crippen LogP contribution in [0.1, 0.15) is 0 Å². The fourth-order valence-corrected chi connectivity index (χ4v) is 6.00. The van der Waals surface area contributed by atoms with Gasteiger partial charge in [0.1, 0.15) is 0 Å². The summed E-state index contributed by atoms with van der Waals surface area (Å²) >= 11 is 0. The van der Waals surface area contributed by atoms with Gasteiger partial charge in [-0.05, 0) is 55.4 Å². The minimum atomic E-state index is 1.04. The van der Waals surface area contributed by atoms with Crippen molar-refractivity contribution in [2.75, 3.05) is 0 Å². The molecule has 0 fully saturated rings. The Labute approximate surface area is 207 Å². The molecule has 2 heterocycles. The highest BCUT2D eigenvalue weighted by Gasteiger charge is 2.15. The van der Waals surface area contributed by atoms with Crippen molar-refractivity contribution >= 4 is 64.8 Å². The molecule has 0 aliphatic heterocycles. The van der Waals surface area contributed by atoms with Gasteiger partial charge in [0.15, 0.2) is 0 Å². The van der Waals surface area contributed by atoms with Crippen molar-refractivity contribution in [3.63, 3.8) is 0 Å². The molecule has 2 nitrogen and oxygen atoms in total. The zero-order chi connectivity index (χ0) is 23.6. The van der Waals surface area contributed by atoms with Gasteiger partial charge in [-0.25, -0.2) is 0 Å². The van der Waals surface area contributed by atoms with E-state index in [-0.39, 0.29) is 0 Å². The topological polar surface area (TPSA) is 25.8 Å². The fourth-order valence-electron chi connectivity index (χ4n) is 6.00. The van der Waals surface area contributed by atoms with E-state index in [4.69, 9.17) is 9.97 Å². The molecule has 0 bridgehead atoms. The van der Waals surface area contributed by atoms with Crippen LogP contribution >= 0.6 is 0 Å². The molecule has 0 unspecified atom stereocenters. The van der Waals surface area contributed by atoms with E-state index in [1.54, 1.807) is 0 Å². The van der Waals surface area contributed by atoms with E-state index in [0.717, 1.165) is 16.6 Å². The SMILES string of the molecule is c1ccc2c(c1)c1ccc(-c3cncc4c5ccccc5c5ccccc5c34)cc1c1ncccc21. The summed E-state index contributed by atoms with van der Waals surface area (Å²) in [6.45, 7) is 0. The van der Waals surface area contributed by atoms with Crippen LogP contribution in [-0.4, -0.2) is 9.97 Å². The second-order valence-corrected chi connectivity index (χ2v) is 9.41. The number of hydrogen-bond acceptors (Lipinski definition) is 2. The molecule has 0 saturated carbocycles. The fraction of sp³-hybridized carbons (Fsp3) is 0. The quantitative estimate of drug-likeness (QED) is 0.230. The molecule has 0 aliphatic rings. The van der Waals surface area contributed by atoms with Crippen LogP contribution in [0.2, 0.25) is 0 Å². The Bertz CT molecular complexity index is 2080. The third-order valence-electron chi connectivity index (χ3n) is 7.55. The molecular weight excluding hydrogens is 436 g/mol. The first-order chi connectivity index (χ1) is 17.9. The standard InChI is InChI=1S/C34H20N2/c1-3-11-25-23(9-1)27-16-15-21(18-30(27)34-29(25)14-7-17-36-34)31-19-35-20-32-26-12-4-2-8-22(26)24-10-5-6-13-28(24)33(31)32/h1-20H. The van der Waals surface area contributed by atoms with Crippen LogP contribution in [0.5, 0.6) is 0 Å². The predicted octanol–water partition coefficient (Wildman–Crippen LogP) is 9.06. The van der Waals surface area contributed by atoms with Gasteiger partial charge >= 0.3 is 0 Å². The summed E-state index contributed by atoms with van der Waals surface area (Å²) < 4.78 is 0. The summed E-state index contributed by atoms with van der Waals surface area (Å²) in [6.07, 6.45) is 5.92. The van der Waals surface area contributed by atoms with E-state index in [9.17, 15) is 0 Å². The van der Waals surface area contributed by atoms with E-state index in [1.165, 1.54) is 59.2 Å². The molecule has 36 heavy (non-hydrogen) atoms. The van der Waals surface area contributed by atoms with Gasteiger partial charge in [-0.3, -0.25) is 9.97 Å². The van der Waals surface area contributed by atoms with E-state index < -0.39 is 0 Å². The Kier molecular flexibility index (Phi) is 3.97. The molecule has 0 radical (unpaired) electrons. The number of hydrogen-bond donors (Lipinski definition) is 0. The monoisotopic (exact) mass is 456 g/mol. The van der Waals surface area contributed by atoms with Crippen molar-refractivity contribution in [1.82, 2.24) is 9.97 Å². The zero-order valence-corrected chi connectivity index (χ0v) is 19.4. The number of pyridine rings is 2. The van der Waals surface area contributed by atoms with Crippen LogP contribution in [0.4, 0.5) is 0 Å². The first kappa shape index (κ1) is 19.5. The van der Waals surface area contributed by atoms with Crippen molar-refractivity contribution < 1.29 is 0 Å². The normalized spacial score (nSPS) is 11.9. The minimum absolute atomic E-state index is 1.04. The molecule has 0 amide bonds. The van der Waals surface area contributed by atoms with Crippen molar-refractivity contribution in [3.05, 3.63) is 122 Å². The lowest BCUT2D eigenvalue weighted by Gasteiger charge is -2.15. The summed E-state index contributed by atoms with van der Waals surface area (Å²) in [5.41, 5.74) is 3.34. The third kappa shape index (κ3) is 2.61. The van der Waals surface area contributed by atoms with Gasteiger partial charge in [-0.2, -0.15) is 0 Å². The molecule has 0 spiro atoms. The maximum absolute atomic E-state index is 4.83. The molecule has 2 heteroatoms. The van der Waals surface area contributed by atoms with E-state index in [2.05, 4.69) is 97.1 Å². The van der Waals surface area contributed by atoms with Crippen LogP contribution in [0.3, 0.4) is 0 Å². The first-order valence-electron chi connectivity index (χ1n) is 12.3. The highest BCUT2D eigenvalue weighted by molar-refractivity contribution is 6.29. The molecule has 166 valence electrons. The largest absolute Gasteiger partial charge is 0.263 e. The average molecular weight is 457 g/mol. The summed E-state index contributed by atoms with van der Waals surface area (Å²) in [5, 5.41) is 13.5. The Morgan fingerprint density at radius 2 is 0.972 bits per heavy atom. The minimum Gasteiger partial charge on any atom is -0.263 e. The lowest BCUT2D eigenvalue weighted by Crippen LogP contribution is -1.90. The van der Waals surface area contributed by atoms with Gasteiger partial charge in [0.25, 0.3) is 0 Å². The van der Waals surface area contributed by atoms with E-state index in [0.29, 0.717) is 0 Å². The molecule has 2 aromatic heterocycles. The second kappa shape index (κ2) is 7.34. The van der Waals surface area contributed by atoms with Crippen LogP contribution in [0, 0.1) is 0 Å². The van der Waals surface area contributed by atoms with Crippen LogP contribution in [-0.2, 0) is 0 Å². The summed E-state index contributed by atoms with van der Waals surface area (Å²) in [5.74, 6) is 0. The average Bonchev–Trinajstić information content (AvgIpc) is 2.97. The van der Waals surface area contributed by atoms with E-state index >= 15 is 0 Å². The predicted molar refractivity (Wildman–Crippen MR) is 153 cm³/mol. The summed E-state index contributed by atoms with van der Waals surface area (Å²) in [7, 11) is 0. The number of rotatable bonds is 1. The number of benzene rings is 6. The molecule has 0 aliphatic carbocycles. The van der Waals surface area contributed by atoms with E-state index in [1.807, 2.05) is 24.7 Å². The zero-order valence-electron chi connectivity index (χ0n) is 19.4. The second-order valence-electron chi connectivity index (χ2n) is 9.41. The number of nitrogens with zero attached hydrogens (tertiary/aromatic N) is 2. The Hall–Kier alpha value is -4.82. The van der Waals surface area contributed by atoms with Crippen LogP contribution in [0.15, 0.2) is 122 Å². The lowest BCUT2D eigenvalue weighted by atomic mass is 9.89. The highest BCUT2D eigenvalue weighted by Crippen LogP contribution is 2.41. The smallest absolute Gasteiger partial charge is 0.0786 e. The molecule has 6 aromatic carbocycles. The van der Waals surface area contributed by atoms with Gasteiger partial charge in [0.05, 0.1) is 5.52 Å². The van der Waals surface area contributed by atoms with Crippen molar-refractivity contribution in [2.24, 2.45) is 0 Å². The summed E-state index contributed by atoms with van der Waals surface area (Å²) in [6, 6.07) is 37.0. The van der Waals surface area contributed by atoms with Crippen molar-refractivity contribution in [3.8, 4) is 11.1 Å². The third-order valence-corrected chi connectivity index (χ3v) is 7.55. The van der Waals surface area contributed by atoms with Crippen molar-refractivity contribution in [2.45, 2.75) is 0 Å². The summed E-state index contributed by atoms with van der Waals surface area (Å²) in [4.78, 5) is 9.55. The molecule has 8 aromatic rings. The first-order valence-corrected chi connectivity index (χ1v) is 12.3. The van der Waals surface area contributed by atoms with Gasteiger partial charge in [0, 0.05) is 45.7 Å². The molecule has 8 rings (SSSR count). The van der Waals surface area contributed by atoms with Crippen LogP contribution in [0.25, 0.3) is 75.9 Å². The van der Waals surface area contributed by atoms with Gasteiger partial charge < -0.3 is 0 Å². The Balaban J connectivity index is 1.54. The highest BCUT2D eigenvalue weighted by atomic mass is 14.6. The Morgan fingerprint density at radius 1 is 0.417 bits per heavy atom. The molecule has 0 atom stereocenters. The molecule has 0 saturated heterocycles. The number of aromatic nitrogens is 2. The maximum atomic E-state index is 4.83. The Morgan fingerprint density at radius 3 is 1.69 bits per heavy atom. The van der Waals surface area contributed by atoms with Crippen LogP contribution < -0.4 is 0 Å².